The Bertz CT molecular complexity index is 472. The molecule has 6 heteroatoms. The summed E-state index contributed by atoms with van der Waals surface area (Å²) in [5.41, 5.74) is 1.04. The van der Waals surface area contributed by atoms with Gasteiger partial charge in [-0.3, -0.25) is 4.68 Å². The van der Waals surface area contributed by atoms with Crippen molar-refractivity contribution in [2.45, 2.75) is 19.4 Å². The number of rotatable bonds is 5. The first-order valence-corrected chi connectivity index (χ1v) is 5.74. The Morgan fingerprint density at radius 2 is 2.18 bits per heavy atom. The van der Waals surface area contributed by atoms with E-state index in [2.05, 4.69) is 27.3 Å². The van der Waals surface area contributed by atoms with Crippen molar-refractivity contribution in [3.05, 3.63) is 30.4 Å². The van der Waals surface area contributed by atoms with E-state index in [9.17, 15) is 0 Å². The molecule has 1 unspecified atom stereocenters. The molecule has 2 aromatic rings. The van der Waals surface area contributed by atoms with Gasteiger partial charge in [0.1, 0.15) is 12.2 Å². The molecule has 1 atom stereocenters. The lowest BCUT2D eigenvalue weighted by atomic mass is 10.1. The van der Waals surface area contributed by atoms with Crippen LogP contribution < -0.4 is 5.32 Å². The Labute approximate surface area is 101 Å². The van der Waals surface area contributed by atoms with Crippen molar-refractivity contribution in [2.24, 2.45) is 14.1 Å². The normalized spacial score (nSPS) is 12.9. The number of hydrogen-bond acceptors (Lipinski definition) is 4. The minimum absolute atomic E-state index is 0.184. The van der Waals surface area contributed by atoms with E-state index in [1.54, 1.807) is 11.0 Å². The number of nitrogens with zero attached hydrogens (tertiary/aromatic N) is 5. The molecule has 2 rings (SSSR count). The summed E-state index contributed by atoms with van der Waals surface area (Å²) in [6.45, 7) is 2.99. The van der Waals surface area contributed by atoms with E-state index in [4.69, 9.17) is 0 Å². The smallest absolute Gasteiger partial charge is 0.138 e. The first-order chi connectivity index (χ1) is 8.20. The Morgan fingerprint density at radius 3 is 2.71 bits per heavy atom. The molecule has 17 heavy (non-hydrogen) atoms. The third kappa shape index (κ3) is 2.71. The fraction of sp³-hybridized carbons (Fsp3) is 0.545. The van der Waals surface area contributed by atoms with Crippen LogP contribution in [-0.2, 0) is 20.5 Å². The third-order valence-electron chi connectivity index (χ3n) is 2.72. The molecule has 0 aliphatic rings. The van der Waals surface area contributed by atoms with Crippen LogP contribution in [0.15, 0.2) is 18.9 Å². The molecule has 0 fully saturated rings. The van der Waals surface area contributed by atoms with Gasteiger partial charge >= 0.3 is 0 Å². The standard InChI is InChI=1S/C11H18N6/c1-4-12-9(10-6-16(2)8-14-10)5-11-13-7-15-17(11)3/h6-9,12H,4-5H2,1-3H3. The minimum Gasteiger partial charge on any atom is -0.340 e. The van der Waals surface area contributed by atoms with Gasteiger partial charge in [-0.25, -0.2) is 9.97 Å². The summed E-state index contributed by atoms with van der Waals surface area (Å²) in [4.78, 5) is 8.64. The average Bonchev–Trinajstić information content (AvgIpc) is 2.88. The van der Waals surface area contributed by atoms with Crippen molar-refractivity contribution < 1.29 is 0 Å². The van der Waals surface area contributed by atoms with Crippen molar-refractivity contribution in [3.8, 4) is 0 Å². The van der Waals surface area contributed by atoms with Gasteiger partial charge in [0.05, 0.1) is 18.1 Å². The summed E-state index contributed by atoms with van der Waals surface area (Å²) in [5, 5.41) is 7.50. The van der Waals surface area contributed by atoms with Crippen LogP contribution in [0, 0.1) is 0 Å². The first kappa shape index (κ1) is 11.8. The summed E-state index contributed by atoms with van der Waals surface area (Å²) in [6.07, 6.45) is 6.22. The quantitative estimate of drug-likeness (QED) is 0.815. The largest absolute Gasteiger partial charge is 0.340 e. The maximum absolute atomic E-state index is 4.39. The fourth-order valence-corrected chi connectivity index (χ4v) is 1.83. The zero-order valence-electron chi connectivity index (χ0n) is 10.5. The van der Waals surface area contributed by atoms with E-state index in [-0.39, 0.29) is 6.04 Å². The van der Waals surface area contributed by atoms with Crippen molar-refractivity contribution in [2.75, 3.05) is 6.54 Å². The molecule has 0 saturated heterocycles. The molecular weight excluding hydrogens is 216 g/mol. The lowest BCUT2D eigenvalue weighted by molar-refractivity contribution is 0.512. The molecule has 2 aromatic heterocycles. The second-order valence-electron chi connectivity index (χ2n) is 4.08. The van der Waals surface area contributed by atoms with Crippen molar-refractivity contribution in [3.63, 3.8) is 0 Å². The molecule has 0 spiro atoms. The Balaban J connectivity index is 2.15. The second-order valence-corrected chi connectivity index (χ2v) is 4.08. The highest BCUT2D eigenvalue weighted by Gasteiger charge is 2.16. The molecule has 0 aliphatic heterocycles. The van der Waals surface area contributed by atoms with Crippen LogP contribution in [0.2, 0.25) is 0 Å². The monoisotopic (exact) mass is 234 g/mol. The fourth-order valence-electron chi connectivity index (χ4n) is 1.83. The number of likely N-dealkylation sites (N-methyl/N-ethyl adjacent to an activating group) is 1. The molecule has 6 nitrogen and oxygen atoms in total. The van der Waals surface area contributed by atoms with Crippen LogP contribution in [0.3, 0.4) is 0 Å². The van der Waals surface area contributed by atoms with E-state index in [1.807, 2.05) is 31.2 Å². The van der Waals surface area contributed by atoms with Crippen LogP contribution in [0.5, 0.6) is 0 Å². The Hall–Kier alpha value is -1.69. The SMILES string of the molecule is CCNC(Cc1ncnn1C)c1cn(C)cn1. The molecule has 0 saturated carbocycles. The summed E-state index contributed by atoms with van der Waals surface area (Å²) in [5.74, 6) is 0.960. The molecule has 2 heterocycles. The number of nitrogens with one attached hydrogen (secondary N) is 1. The summed E-state index contributed by atoms with van der Waals surface area (Å²) >= 11 is 0. The maximum Gasteiger partial charge on any atom is 0.138 e. The summed E-state index contributed by atoms with van der Waals surface area (Å²) in [7, 11) is 3.88. The predicted molar refractivity (Wildman–Crippen MR) is 64.3 cm³/mol. The summed E-state index contributed by atoms with van der Waals surface area (Å²) in [6, 6.07) is 0.184. The van der Waals surface area contributed by atoms with Gasteiger partial charge in [0.15, 0.2) is 0 Å². The zero-order valence-corrected chi connectivity index (χ0v) is 10.5. The third-order valence-corrected chi connectivity index (χ3v) is 2.72. The Morgan fingerprint density at radius 1 is 1.35 bits per heavy atom. The Kier molecular flexibility index (Phi) is 3.53. The van der Waals surface area contributed by atoms with Gasteiger partial charge in [-0.1, -0.05) is 6.92 Å². The van der Waals surface area contributed by atoms with Gasteiger partial charge in [0.2, 0.25) is 0 Å². The van der Waals surface area contributed by atoms with Crippen molar-refractivity contribution >= 4 is 0 Å². The first-order valence-electron chi connectivity index (χ1n) is 5.74. The van der Waals surface area contributed by atoms with Crippen molar-refractivity contribution in [1.82, 2.24) is 29.6 Å². The highest BCUT2D eigenvalue weighted by molar-refractivity contribution is 5.07. The molecule has 92 valence electrons. The maximum atomic E-state index is 4.39. The predicted octanol–water partition coefficient (Wildman–Crippen LogP) is 0.442. The molecule has 0 radical (unpaired) electrons. The van der Waals surface area contributed by atoms with Gasteiger partial charge in [-0.2, -0.15) is 5.10 Å². The van der Waals surface area contributed by atoms with Gasteiger partial charge in [0.25, 0.3) is 0 Å². The lowest BCUT2D eigenvalue weighted by Crippen LogP contribution is -2.24. The van der Waals surface area contributed by atoms with Crippen molar-refractivity contribution in [1.29, 1.82) is 0 Å². The lowest BCUT2D eigenvalue weighted by Gasteiger charge is -2.14. The number of hydrogen-bond donors (Lipinski definition) is 1. The van der Waals surface area contributed by atoms with Crippen LogP contribution in [0.1, 0.15) is 24.5 Å². The molecular formula is C11H18N6. The molecule has 0 aliphatic carbocycles. The zero-order chi connectivity index (χ0) is 12.3. The topological polar surface area (TPSA) is 60.6 Å². The van der Waals surface area contributed by atoms with Crippen LogP contribution in [-0.4, -0.2) is 30.9 Å². The van der Waals surface area contributed by atoms with Gasteiger partial charge in [0, 0.05) is 26.7 Å². The highest BCUT2D eigenvalue weighted by Crippen LogP contribution is 2.14. The van der Waals surface area contributed by atoms with E-state index < -0.39 is 0 Å². The van der Waals surface area contributed by atoms with E-state index in [0.717, 1.165) is 24.5 Å². The highest BCUT2D eigenvalue weighted by atomic mass is 15.3. The number of aryl methyl sites for hydroxylation is 2. The second kappa shape index (κ2) is 5.09. The van der Waals surface area contributed by atoms with Crippen LogP contribution in [0.25, 0.3) is 0 Å². The van der Waals surface area contributed by atoms with Gasteiger partial charge in [-0.05, 0) is 6.54 Å². The molecule has 0 aromatic carbocycles. The van der Waals surface area contributed by atoms with Crippen LogP contribution >= 0.6 is 0 Å². The van der Waals surface area contributed by atoms with E-state index >= 15 is 0 Å². The van der Waals surface area contributed by atoms with Crippen LogP contribution in [0.4, 0.5) is 0 Å². The van der Waals surface area contributed by atoms with E-state index in [1.165, 1.54) is 0 Å². The molecule has 1 N–H and O–H groups in total. The number of aromatic nitrogens is 5. The van der Waals surface area contributed by atoms with E-state index in [0.29, 0.717) is 0 Å². The summed E-state index contributed by atoms with van der Waals surface area (Å²) < 4.78 is 3.75. The minimum atomic E-state index is 0.184. The molecule has 0 amide bonds. The molecule has 0 bridgehead atoms. The average molecular weight is 234 g/mol. The number of imidazole rings is 1. The van der Waals surface area contributed by atoms with Gasteiger partial charge in [-0.15, -0.1) is 0 Å². The van der Waals surface area contributed by atoms with Gasteiger partial charge < -0.3 is 9.88 Å².